The predicted molar refractivity (Wildman–Crippen MR) is 90.6 cm³/mol. The number of hydrogen-bond acceptors (Lipinski definition) is 3. The van der Waals surface area contributed by atoms with Crippen molar-refractivity contribution in [2.75, 3.05) is 18.0 Å². The van der Waals surface area contributed by atoms with Crippen molar-refractivity contribution in [3.05, 3.63) is 52.5 Å². The van der Waals surface area contributed by atoms with Crippen LogP contribution in [0.2, 0.25) is 10.0 Å². The van der Waals surface area contributed by atoms with E-state index in [1.54, 1.807) is 18.2 Å². The van der Waals surface area contributed by atoms with Crippen LogP contribution in [0.5, 0.6) is 0 Å². The fourth-order valence-electron chi connectivity index (χ4n) is 2.03. The number of halogens is 2. The molecule has 2 aromatic rings. The minimum Gasteiger partial charge on any atom is -0.372 e. The van der Waals surface area contributed by atoms with E-state index in [2.05, 4.69) is 29.0 Å². The van der Waals surface area contributed by atoms with Crippen molar-refractivity contribution in [2.24, 2.45) is 10.2 Å². The molecule has 21 heavy (non-hydrogen) atoms. The molecule has 5 heteroatoms. The molecule has 2 rings (SSSR count). The smallest absolute Gasteiger partial charge is 0.0886 e. The van der Waals surface area contributed by atoms with Crippen molar-refractivity contribution >= 4 is 40.3 Å². The summed E-state index contributed by atoms with van der Waals surface area (Å²) in [5.74, 6) is 0. The molecule has 0 aliphatic heterocycles. The molecule has 0 radical (unpaired) electrons. The first kappa shape index (κ1) is 15.8. The lowest BCUT2D eigenvalue weighted by molar-refractivity contribution is 0.866. The van der Waals surface area contributed by atoms with Gasteiger partial charge in [-0.15, -0.1) is 0 Å². The Kier molecular flexibility index (Phi) is 5.59. The summed E-state index contributed by atoms with van der Waals surface area (Å²) < 4.78 is 0. The number of anilines is 1. The minimum atomic E-state index is 0.549. The Balaban J connectivity index is 2.14. The van der Waals surface area contributed by atoms with Crippen molar-refractivity contribution in [1.29, 1.82) is 0 Å². The topological polar surface area (TPSA) is 28.0 Å². The fraction of sp³-hybridized carbons (Fsp3) is 0.250. The average Bonchev–Trinajstić information content (AvgIpc) is 2.47. The molecule has 0 saturated heterocycles. The zero-order valence-electron chi connectivity index (χ0n) is 12.1. The van der Waals surface area contributed by atoms with Crippen LogP contribution < -0.4 is 4.90 Å². The summed E-state index contributed by atoms with van der Waals surface area (Å²) in [6.07, 6.45) is 0. The first-order valence-electron chi connectivity index (χ1n) is 6.85. The van der Waals surface area contributed by atoms with Gasteiger partial charge in [0.15, 0.2) is 0 Å². The van der Waals surface area contributed by atoms with E-state index in [9.17, 15) is 0 Å². The van der Waals surface area contributed by atoms with Crippen molar-refractivity contribution in [3.63, 3.8) is 0 Å². The SMILES string of the molecule is CCN(CC)c1ccc(N=Nc2cc(Cl)cc(Cl)c2)cc1. The second-order valence-corrected chi connectivity index (χ2v) is 5.39. The summed E-state index contributed by atoms with van der Waals surface area (Å²) in [4.78, 5) is 2.28. The fourth-order valence-corrected chi connectivity index (χ4v) is 2.55. The summed E-state index contributed by atoms with van der Waals surface area (Å²) in [5, 5.41) is 9.45. The Morgan fingerprint density at radius 3 is 1.86 bits per heavy atom. The summed E-state index contributed by atoms with van der Waals surface area (Å²) in [7, 11) is 0. The molecular formula is C16H17Cl2N3. The molecule has 0 saturated carbocycles. The van der Waals surface area contributed by atoms with Crippen LogP contribution in [0.3, 0.4) is 0 Å². The van der Waals surface area contributed by atoms with Gasteiger partial charge < -0.3 is 4.90 Å². The maximum atomic E-state index is 5.93. The predicted octanol–water partition coefficient (Wildman–Crippen LogP) is 6.26. The lowest BCUT2D eigenvalue weighted by Gasteiger charge is -2.20. The number of rotatable bonds is 5. The van der Waals surface area contributed by atoms with E-state index in [0.717, 1.165) is 18.8 Å². The van der Waals surface area contributed by atoms with E-state index in [1.165, 1.54) is 5.69 Å². The highest BCUT2D eigenvalue weighted by atomic mass is 35.5. The monoisotopic (exact) mass is 321 g/mol. The Bertz CT molecular complexity index is 600. The van der Waals surface area contributed by atoms with Crippen LogP contribution in [-0.2, 0) is 0 Å². The molecule has 110 valence electrons. The van der Waals surface area contributed by atoms with E-state index in [1.807, 2.05) is 24.3 Å². The third-order valence-corrected chi connectivity index (χ3v) is 3.54. The van der Waals surface area contributed by atoms with Crippen LogP contribution in [0.4, 0.5) is 17.1 Å². The molecule has 0 spiro atoms. The highest BCUT2D eigenvalue weighted by Crippen LogP contribution is 2.27. The average molecular weight is 322 g/mol. The summed E-state index contributed by atoms with van der Waals surface area (Å²) >= 11 is 11.9. The van der Waals surface area contributed by atoms with Crippen LogP contribution in [0, 0.1) is 0 Å². The van der Waals surface area contributed by atoms with Crippen LogP contribution >= 0.6 is 23.2 Å². The van der Waals surface area contributed by atoms with Gasteiger partial charge in [0.05, 0.1) is 11.4 Å². The first-order valence-corrected chi connectivity index (χ1v) is 7.60. The number of azo groups is 1. The molecule has 0 fully saturated rings. The Morgan fingerprint density at radius 2 is 1.33 bits per heavy atom. The van der Waals surface area contributed by atoms with Gasteiger partial charge in [0.25, 0.3) is 0 Å². The lowest BCUT2D eigenvalue weighted by Crippen LogP contribution is -2.21. The molecule has 0 aliphatic rings. The van der Waals surface area contributed by atoms with Gasteiger partial charge in [-0.05, 0) is 56.3 Å². The molecule has 0 aromatic heterocycles. The van der Waals surface area contributed by atoms with E-state index >= 15 is 0 Å². The van der Waals surface area contributed by atoms with Gasteiger partial charge in [0, 0.05) is 28.8 Å². The van der Waals surface area contributed by atoms with Gasteiger partial charge in [-0.25, -0.2) is 0 Å². The Hall–Kier alpha value is -1.58. The van der Waals surface area contributed by atoms with E-state index < -0.39 is 0 Å². The van der Waals surface area contributed by atoms with Gasteiger partial charge in [-0.3, -0.25) is 0 Å². The van der Waals surface area contributed by atoms with Gasteiger partial charge in [0.2, 0.25) is 0 Å². The molecule has 0 amide bonds. The molecule has 0 aliphatic carbocycles. The first-order chi connectivity index (χ1) is 10.1. The normalized spacial score (nSPS) is 11.0. The number of benzene rings is 2. The van der Waals surface area contributed by atoms with Crippen molar-refractivity contribution < 1.29 is 0 Å². The second-order valence-electron chi connectivity index (χ2n) is 4.52. The molecule has 0 unspecified atom stereocenters. The quantitative estimate of drug-likeness (QED) is 0.597. The van der Waals surface area contributed by atoms with Gasteiger partial charge >= 0.3 is 0 Å². The zero-order valence-corrected chi connectivity index (χ0v) is 13.6. The van der Waals surface area contributed by atoms with Gasteiger partial charge in [-0.1, -0.05) is 23.2 Å². The summed E-state index contributed by atoms with van der Waals surface area (Å²) in [6.45, 7) is 6.25. The van der Waals surface area contributed by atoms with E-state index in [4.69, 9.17) is 23.2 Å². The molecule has 3 nitrogen and oxygen atoms in total. The van der Waals surface area contributed by atoms with E-state index in [0.29, 0.717) is 15.7 Å². The third-order valence-electron chi connectivity index (χ3n) is 3.11. The van der Waals surface area contributed by atoms with Crippen LogP contribution in [0.1, 0.15) is 13.8 Å². The van der Waals surface area contributed by atoms with Crippen LogP contribution in [-0.4, -0.2) is 13.1 Å². The van der Waals surface area contributed by atoms with Crippen molar-refractivity contribution in [1.82, 2.24) is 0 Å². The maximum Gasteiger partial charge on any atom is 0.0886 e. The molecule has 0 N–H and O–H groups in total. The largest absolute Gasteiger partial charge is 0.372 e. The van der Waals surface area contributed by atoms with Gasteiger partial charge in [-0.2, -0.15) is 10.2 Å². The highest BCUT2D eigenvalue weighted by molar-refractivity contribution is 6.35. The summed E-state index contributed by atoms with van der Waals surface area (Å²) in [6, 6.07) is 13.1. The van der Waals surface area contributed by atoms with E-state index in [-0.39, 0.29) is 0 Å². The third kappa shape index (κ3) is 4.45. The molecule has 2 aromatic carbocycles. The van der Waals surface area contributed by atoms with Crippen molar-refractivity contribution in [2.45, 2.75) is 13.8 Å². The minimum absolute atomic E-state index is 0.549. The van der Waals surface area contributed by atoms with Crippen molar-refractivity contribution in [3.8, 4) is 0 Å². The number of hydrogen-bond donors (Lipinski definition) is 0. The summed E-state index contributed by atoms with van der Waals surface area (Å²) in [5.41, 5.74) is 2.62. The maximum absolute atomic E-state index is 5.93. The zero-order chi connectivity index (χ0) is 15.2. The second kappa shape index (κ2) is 7.43. The van der Waals surface area contributed by atoms with Crippen LogP contribution in [0.15, 0.2) is 52.7 Å². The standard InChI is InChI=1S/C16H17Cl2N3/c1-3-21(4-2)16-7-5-14(6-8-16)19-20-15-10-12(17)9-13(18)11-15/h5-11H,3-4H2,1-2H3. The lowest BCUT2D eigenvalue weighted by atomic mass is 10.2. The highest BCUT2D eigenvalue weighted by Gasteiger charge is 2.01. The Morgan fingerprint density at radius 1 is 0.810 bits per heavy atom. The molecular weight excluding hydrogens is 305 g/mol. The molecule has 0 bridgehead atoms. The van der Waals surface area contributed by atoms with Crippen LogP contribution in [0.25, 0.3) is 0 Å². The number of nitrogens with zero attached hydrogens (tertiary/aromatic N) is 3. The molecule has 0 atom stereocenters. The van der Waals surface area contributed by atoms with Gasteiger partial charge in [0.1, 0.15) is 0 Å². The molecule has 0 heterocycles. The Labute approximate surface area is 135 Å².